The number of nitrogens with one attached hydrogen (secondary N) is 3. The van der Waals surface area contributed by atoms with E-state index in [1.54, 1.807) is 24.4 Å². The summed E-state index contributed by atoms with van der Waals surface area (Å²) in [4.78, 5) is 31.5. The van der Waals surface area contributed by atoms with Crippen molar-refractivity contribution >= 4 is 33.9 Å². The van der Waals surface area contributed by atoms with Crippen LogP contribution < -0.4 is 16.1 Å². The van der Waals surface area contributed by atoms with Gasteiger partial charge in [0.05, 0.1) is 46.4 Å². The third kappa shape index (κ3) is 5.59. The van der Waals surface area contributed by atoms with Crippen molar-refractivity contribution < 1.29 is 13.6 Å². The van der Waals surface area contributed by atoms with Crippen molar-refractivity contribution in [2.75, 3.05) is 10.6 Å². The summed E-state index contributed by atoms with van der Waals surface area (Å²) >= 11 is 0. The molecule has 3 N–H and O–H groups in total. The number of rotatable bonds is 7. The molecule has 7 rings (SSSR count). The number of aryl methyl sites for hydroxylation is 2. The lowest BCUT2D eigenvalue weighted by molar-refractivity contribution is 0.101. The Morgan fingerprint density at radius 1 is 0.891 bits per heavy atom. The predicted molar refractivity (Wildman–Crippen MR) is 172 cm³/mol. The minimum atomic E-state index is -0.929. The summed E-state index contributed by atoms with van der Waals surface area (Å²) in [6, 6.07) is 17.8. The molecule has 46 heavy (non-hydrogen) atoms. The lowest BCUT2D eigenvalue weighted by Gasteiger charge is -2.20. The summed E-state index contributed by atoms with van der Waals surface area (Å²) in [7, 11) is 0. The van der Waals surface area contributed by atoms with E-state index in [1.807, 2.05) is 73.6 Å². The van der Waals surface area contributed by atoms with E-state index in [1.165, 1.54) is 6.07 Å². The number of allylic oxidation sites excluding steroid dienone is 3. The molecule has 4 heterocycles. The van der Waals surface area contributed by atoms with E-state index >= 15 is 0 Å². The monoisotopic (exact) mass is 614 g/mol. The van der Waals surface area contributed by atoms with Crippen LogP contribution in [0, 0.1) is 25.5 Å². The van der Waals surface area contributed by atoms with Crippen LogP contribution in [0.25, 0.3) is 16.6 Å². The lowest BCUT2D eigenvalue weighted by Crippen LogP contribution is -2.29. The van der Waals surface area contributed by atoms with Crippen LogP contribution in [-0.2, 0) is 6.54 Å². The first kappa shape index (κ1) is 28.9. The van der Waals surface area contributed by atoms with Gasteiger partial charge in [-0.1, -0.05) is 24.3 Å². The highest BCUT2D eigenvalue weighted by Gasteiger charge is 2.33. The third-order valence-electron chi connectivity index (χ3n) is 7.87. The van der Waals surface area contributed by atoms with Gasteiger partial charge in [-0.05, 0) is 80.1 Å². The number of amides is 1. The first-order chi connectivity index (χ1) is 22.3. The minimum Gasteiger partial charge on any atom is -0.378 e. The largest absolute Gasteiger partial charge is 0.378 e. The maximum absolute atomic E-state index is 14.3. The Morgan fingerprint density at radius 3 is 2.50 bits per heavy atom. The number of hydrogen-bond donors (Lipinski definition) is 3. The zero-order chi connectivity index (χ0) is 31.8. The Hall–Kier alpha value is -5.81. The number of halogens is 2. The lowest BCUT2D eigenvalue weighted by atomic mass is 9.95. The number of hydrazine groups is 1. The van der Waals surface area contributed by atoms with Crippen molar-refractivity contribution in [1.82, 2.24) is 30.4 Å². The number of carbonyl (C=O) groups excluding carboxylic acids is 1. The van der Waals surface area contributed by atoms with Gasteiger partial charge in [-0.25, -0.2) is 34.1 Å². The average molecular weight is 615 g/mol. The van der Waals surface area contributed by atoms with Gasteiger partial charge in [-0.3, -0.25) is 9.80 Å². The Kier molecular flexibility index (Phi) is 7.51. The fourth-order valence-electron chi connectivity index (χ4n) is 5.51. The Labute approximate surface area is 263 Å². The fraction of sp³-hybridized carbons (Fsp3) is 0.114. The molecule has 1 atom stereocenters. The zero-order valence-electron chi connectivity index (χ0n) is 24.9. The first-order valence-corrected chi connectivity index (χ1v) is 14.6. The van der Waals surface area contributed by atoms with Gasteiger partial charge in [0.15, 0.2) is 0 Å². The summed E-state index contributed by atoms with van der Waals surface area (Å²) in [5, 5.41) is 7.95. The van der Waals surface area contributed by atoms with E-state index in [0.717, 1.165) is 62.8 Å². The van der Waals surface area contributed by atoms with E-state index < -0.39 is 23.1 Å². The van der Waals surface area contributed by atoms with Crippen LogP contribution in [0.15, 0.2) is 103 Å². The number of fused-ring (bicyclic) bond motifs is 2. The molecular weight excluding hydrogens is 586 g/mol. The molecular formula is C35H28F2N8O. The molecule has 2 aromatic heterocycles. The van der Waals surface area contributed by atoms with Crippen molar-refractivity contribution in [3.05, 3.63) is 149 Å². The van der Waals surface area contributed by atoms with Gasteiger partial charge in [0.25, 0.3) is 5.91 Å². The Balaban J connectivity index is 1.16. The standard InChI is InChI=1S/C35H28F2N8O/c1-20-21(2)41-29-18-23(12-13-27(29)40-20)39-19-31-38-15-14-28(43-31)33-30-11-3-4-16-45(30)44-34(33)22-7-5-8-24(17-22)42-35(46)32-25(36)9-6-10-26(32)37/h3-18,34,39,44H,19H2,1-2H3,(H,42,46). The molecule has 0 fully saturated rings. The van der Waals surface area contributed by atoms with Crippen LogP contribution in [0.1, 0.15) is 44.9 Å². The summed E-state index contributed by atoms with van der Waals surface area (Å²) < 4.78 is 28.5. The third-order valence-corrected chi connectivity index (χ3v) is 7.87. The van der Waals surface area contributed by atoms with Gasteiger partial charge >= 0.3 is 0 Å². The first-order valence-electron chi connectivity index (χ1n) is 14.6. The number of aromatic nitrogens is 4. The predicted octanol–water partition coefficient (Wildman–Crippen LogP) is 6.54. The highest BCUT2D eigenvalue weighted by Crippen LogP contribution is 2.40. The summed E-state index contributed by atoms with van der Waals surface area (Å²) in [5.74, 6) is -2.13. The van der Waals surface area contributed by atoms with Gasteiger partial charge in [0.2, 0.25) is 0 Å². The second-order valence-electron chi connectivity index (χ2n) is 10.9. The van der Waals surface area contributed by atoms with E-state index in [0.29, 0.717) is 18.1 Å². The van der Waals surface area contributed by atoms with Crippen molar-refractivity contribution in [2.24, 2.45) is 0 Å². The molecule has 0 spiro atoms. The number of hydrogen-bond acceptors (Lipinski definition) is 8. The van der Waals surface area contributed by atoms with Crippen molar-refractivity contribution in [3.8, 4) is 0 Å². The number of benzene rings is 3. The van der Waals surface area contributed by atoms with Gasteiger partial charge in [-0.15, -0.1) is 0 Å². The van der Waals surface area contributed by atoms with Gasteiger partial charge in [-0.2, -0.15) is 0 Å². The molecule has 0 saturated heterocycles. The van der Waals surface area contributed by atoms with Crippen LogP contribution in [0.5, 0.6) is 0 Å². The quantitative estimate of drug-likeness (QED) is 0.190. The van der Waals surface area contributed by atoms with Crippen LogP contribution in [0.4, 0.5) is 20.2 Å². The molecule has 0 aliphatic carbocycles. The van der Waals surface area contributed by atoms with E-state index in [4.69, 9.17) is 4.98 Å². The zero-order valence-corrected chi connectivity index (χ0v) is 24.9. The van der Waals surface area contributed by atoms with E-state index in [-0.39, 0.29) is 6.04 Å². The van der Waals surface area contributed by atoms with Crippen LogP contribution >= 0.6 is 0 Å². The second kappa shape index (κ2) is 11.9. The molecule has 0 bridgehead atoms. The van der Waals surface area contributed by atoms with Gasteiger partial charge < -0.3 is 10.6 Å². The minimum absolute atomic E-state index is 0.356. The average Bonchev–Trinajstić information content (AvgIpc) is 3.44. The number of anilines is 2. The fourth-order valence-corrected chi connectivity index (χ4v) is 5.51. The summed E-state index contributed by atoms with van der Waals surface area (Å²) in [6.07, 6.45) is 9.51. The molecule has 2 aliphatic rings. The van der Waals surface area contributed by atoms with Crippen molar-refractivity contribution in [1.29, 1.82) is 0 Å². The van der Waals surface area contributed by atoms with Gasteiger partial charge in [0.1, 0.15) is 23.0 Å². The van der Waals surface area contributed by atoms with Crippen molar-refractivity contribution in [2.45, 2.75) is 26.4 Å². The molecule has 0 saturated carbocycles. The van der Waals surface area contributed by atoms with E-state index in [2.05, 4.69) is 31.0 Å². The summed E-state index contributed by atoms with van der Waals surface area (Å²) in [5.41, 5.74) is 10.9. The second-order valence-corrected chi connectivity index (χ2v) is 10.9. The maximum atomic E-state index is 14.3. The summed E-state index contributed by atoms with van der Waals surface area (Å²) in [6.45, 7) is 4.27. The molecule has 3 aromatic carbocycles. The molecule has 1 unspecified atom stereocenters. The molecule has 11 heteroatoms. The number of carbonyl (C=O) groups is 1. The van der Waals surface area contributed by atoms with Crippen LogP contribution in [0.2, 0.25) is 0 Å². The Morgan fingerprint density at radius 2 is 1.67 bits per heavy atom. The molecule has 228 valence electrons. The molecule has 2 aliphatic heterocycles. The van der Waals surface area contributed by atoms with Crippen LogP contribution in [0.3, 0.4) is 0 Å². The SMILES string of the molecule is Cc1nc2ccc(NCc3nccc(C4=C5C=CC=CN5NC4c4cccc(NC(=O)c5c(F)cccc5F)c4)n3)cc2nc1C. The molecule has 1 amide bonds. The molecule has 5 aromatic rings. The maximum Gasteiger partial charge on any atom is 0.261 e. The normalized spacial score (nSPS) is 15.4. The van der Waals surface area contributed by atoms with Gasteiger partial charge in [0, 0.05) is 29.3 Å². The highest BCUT2D eigenvalue weighted by atomic mass is 19.1. The van der Waals surface area contributed by atoms with Crippen molar-refractivity contribution in [3.63, 3.8) is 0 Å². The molecule has 0 radical (unpaired) electrons. The topological polar surface area (TPSA) is 108 Å². The van der Waals surface area contributed by atoms with E-state index in [9.17, 15) is 13.6 Å². The van der Waals surface area contributed by atoms with Crippen LogP contribution in [-0.4, -0.2) is 30.9 Å². The molecule has 9 nitrogen and oxygen atoms in total. The number of nitrogens with zero attached hydrogens (tertiary/aromatic N) is 5. The Bertz CT molecular complexity index is 2090. The smallest absolute Gasteiger partial charge is 0.261 e. The highest BCUT2D eigenvalue weighted by molar-refractivity contribution is 6.04.